The quantitative estimate of drug-likeness (QED) is 0.750. The molecular weight excluding hydrogens is 396 g/mol. The summed E-state index contributed by atoms with van der Waals surface area (Å²) in [7, 11) is 0. The normalized spacial score (nSPS) is 17.7. The number of ether oxygens (including phenoxy) is 2. The van der Waals surface area contributed by atoms with E-state index in [9.17, 15) is 4.79 Å². The molecule has 3 rings (SSSR count). The monoisotopic (exact) mass is 418 g/mol. The standard InChI is InChI=1S/C20H23BrN2O3/c21-17-6-8-18(9-7-17)26-15-20(24)22-12-19-14-23(10-11-25-19)13-16-4-2-1-3-5-16/h1-9,19H,10-15H2,(H,22,24)/t19-/m0/s1. The molecule has 5 nitrogen and oxygen atoms in total. The van der Waals surface area contributed by atoms with E-state index < -0.39 is 0 Å². The van der Waals surface area contributed by atoms with E-state index in [1.54, 1.807) is 0 Å². The van der Waals surface area contributed by atoms with E-state index in [0.29, 0.717) is 18.9 Å². The van der Waals surface area contributed by atoms with Crippen molar-refractivity contribution in [3.63, 3.8) is 0 Å². The van der Waals surface area contributed by atoms with E-state index >= 15 is 0 Å². The topological polar surface area (TPSA) is 50.8 Å². The van der Waals surface area contributed by atoms with Gasteiger partial charge in [0.2, 0.25) is 0 Å². The molecule has 0 radical (unpaired) electrons. The molecule has 0 unspecified atom stereocenters. The lowest BCUT2D eigenvalue weighted by atomic mass is 10.2. The van der Waals surface area contributed by atoms with Crippen LogP contribution in [0, 0.1) is 0 Å². The highest BCUT2D eigenvalue weighted by molar-refractivity contribution is 9.10. The third-order valence-electron chi connectivity index (χ3n) is 4.18. The van der Waals surface area contributed by atoms with Crippen molar-refractivity contribution < 1.29 is 14.3 Å². The van der Waals surface area contributed by atoms with Crippen LogP contribution in [0.3, 0.4) is 0 Å². The Kier molecular flexibility index (Phi) is 7.05. The molecule has 0 spiro atoms. The molecule has 1 aliphatic heterocycles. The summed E-state index contributed by atoms with van der Waals surface area (Å²) in [6.45, 7) is 3.80. The summed E-state index contributed by atoms with van der Waals surface area (Å²) in [5.74, 6) is 0.531. The molecule has 1 N–H and O–H groups in total. The molecule has 138 valence electrons. The van der Waals surface area contributed by atoms with Gasteiger partial charge in [-0.25, -0.2) is 0 Å². The lowest BCUT2D eigenvalue weighted by Gasteiger charge is -2.33. The molecule has 1 atom stereocenters. The molecule has 0 bridgehead atoms. The minimum absolute atomic E-state index is 0.00207. The molecule has 2 aromatic carbocycles. The van der Waals surface area contributed by atoms with E-state index in [0.717, 1.165) is 24.1 Å². The maximum atomic E-state index is 12.0. The highest BCUT2D eigenvalue weighted by Crippen LogP contribution is 2.16. The smallest absolute Gasteiger partial charge is 0.258 e. The van der Waals surface area contributed by atoms with Crippen molar-refractivity contribution in [2.75, 3.05) is 32.8 Å². The van der Waals surface area contributed by atoms with Crippen molar-refractivity contribution in [1.82, 2.24) is 10.2 Å². The number of hydrogen-bond acceptors (Lipinski definition) is 4. The van der Waals surface area contributed by atoms with Gasteiger partial charge >= 0.3 is 0 Å². The number of amides is 1. The van der Waals surface area contributed by atoms with Gasteiger partial charge in [0.05, 0.1) is 12.7 Å². The van der Waals surface area contributed by atoms with Crippen LogP contribution in [0.2, 0.25) is 0 Å². The van der Waals surface area contributed by atoms with E-state index in [4.69, 9.17) is 9.47 Å². The first-order chi connectivity index (χ1) is 12.7. The second-order valence-electron chi connectivity index (χ2n) is 6.26. The SMILES string of the molecule is O=C(COc1ccc(Br)cc1)NC[C@H]1CN(Cc2ccccc2)CCO1. The fraction of sp³-hybridized carbons (Fsp3) is 0.350. The van der Waals surface area contributed by atoms with Crippen LogP contribution in [0.15, 0.2) is 59.1 Å². The van der Waals surface area contributed by atoms with Gasteiger partial charge in [0.25, 0.3) is 5.91 Å². The number of nitrogens with zero attached hydrogens (tertiary/aromatic N) is 1. The Labute approximate surface area is 162 Å². The molecule has 6 heteroatoms. The van der Waals surface area contributed by atoms with Crippen molar-refractivity contribution in [3.8, 4) is 5.75 Å². The summed E-state index contributed by atoms with van der Waals surface area (Å²) in [6, 6.07) is 17.8. The molecule has 2 aromatic rings. The number of hydrogen-bond donors (Lipinski definition) is 1. The molecule has 1 saturated heterocycles. The Morgan fingerprint density at radius 1 is 1.19 bits per heavy atom. The van der Waals surface area contributed by atoms with Crippen LogP contribution < -0.4 is 10.1 Å². The highest BCUT2D eigenvalue weighted by atomic mass is 79.9. The number of halogens is 1. The van der Waals surface area contributed by atoms with Gasteiger partial charge in [0.15, 0.2) is 6.61 Å². The second kappa shape index (κ2) is 9.71. The zero-order chi connectivity index (χ0) is 18.2. The maximum Gasteiger partial charge on any atom is 0.258 e. The van der Waals surface area contributed by atoms with E-state index in [1.165, 1.54) is 5.56 Å². The van der Waals surface area contributed by atoms with Gasteiger partial charge in [-0.1, -0.05) is 46.3 Å². The van der Waals surface area contributed by atoms with E-state index in [2.05, 4.69) is 50.4 Å². The average molecular weight is 419 g/mol. The van der Waals surface area contributed by atoms with Gasteiger partial charge < -0.3 is 14.8 Å². The van der Waals surface area contributed by atoms with Crippen molar-refractivity contribution in [2.45, 2.75) is 12.6 Å². The van der Waals surface area contributed by atoms with Gasteiger partial charge in [-0.15, -0.1) is 0 Å². The summed E-state index contributed by atoms with van der Waals surface area (Å²) in [5.41, 5.74) is 1.29. The first kappa shape index (κ1) is 18.9. The molecule has 26 heavy (non-hydrogen) atoms. The van der Waals surface area contributed by atoms with Crippen molar-refractivity contribution in [1.29, 1.82) is 0 Å². The second-order valence-corrected chi connectivity index (χ2v) is 7.18. The fourth-order valence-electron chi connectivity index (χ4n) is 2.85. The summed E-state index contributed by atoms with van der Waals surface area (Å²) >= 11 is 3.37. The van der Waals surface area contributed by atoms with Crippen LogP contribution in [0.5, 0.6) is 5.75 Å². The van der Waals surface area contributed by atoms with Gasteiger partial charge in [-0.05, 0) is 29.8 Å². The largest absolute Gasteiger partial charge is 0.484 e. The van der Waals surface area contributed by atoms with Gasteiger partial charge in [0, 0.05) is 30.7 Å². The van der Waals surface area contributed by atoms with Crippen molar-refractivity contribution in [2.24, 2.45) is 0 Å². The lowest BCUT2D eigenvalue weighted by molar-refractivity contribution is -0.124. The molecule has 0 aliphatic carbocycles. The number of nitrogens with one attached hydrogen (secondary N) is 1. The Balaban J connectivity index is 1.38. The average Bonchev–Trinajstić information content (AvgIpc) is 2.67. The molecule has 0 aromatic heterocycles. The first-order valence-corrected chi connectivity index (χ1v) is 9.51. The minimum atomic E-state index is -0.142. The summed E-state index contributed by atoms with van der Waals surface area (Å²) in [5, 5.41) is 2.89. The number of carbonyl (C=O) groups is 1. The Morgan fingerprint density at radius 3 is 2.73 bits per heavy atom. The van der Waals surface area contributed by atoms with Crippen LogP contribution in [0.1, 0.15) is 5.56 Å². The lowest BCUT2D eigenvalue weighted by Crippen LogP contribution is -2.47. The zero-order valence-corrected chi connectivity index (χ0v) is 16.2. The third-order valence-corrected chi connectivity index (χ3v) is 4.71. The van der Waals surface area contributed by atoms with Gasteiger partial charge in [0.1, 0.15) is 5.75 Å². The van der Waals surface area contributed by atoms with Crippen molar-refractivity contribution in [3.05, 3.63) is 64.6 Å². The van der Waals surface area contributed by atoms with Gasteiger partial charge in [-0.3, -0.25) is 9.69 Å². The first-order valence-electron chi connectivity index (χ1n) is 8.72. The predicted molar refractivity (Wildman–Crippen MR) is 104 cm³/mol. The molecule has 0 saturated carbocycles. The third kappa shape index (κ3) is 6.12. The number of rotatable bonds is 7. The number of benzene rings is 2. The van der Waals surface area contributed by atoms with Crippen LogP contribution in [0.25, 0.3) is 0 Å². The predicted octanol–water partition coefficient (Wildman–Crippen LogP) is 2.85. The van der Waals surface area contributed by atoms with Crippen molar-refractivity contribution >= 4 is 21.8 Å². The zero-order valence-electron chi connectivity index (χ0n) is 14.6. The number of carbonyl (C=O) groups excluding carboxylic acids is 1. The molecule has 1 heterocycles. The summed E-state index contributed by atoms with van der Waals surface area (Å²) < 4.78 is 12.2. The van der Waals surface area contributed by atoms with E-state index in [-0.39, 0.29) is 18.6 Å². The highest BCUT2D eigenvalue weighted by Gasteiger charge is 2.21. The van der Waals surface area contributed by atoms with E-state index in [1.807, 2.05) is 30.3 Å². The number of morpholine rings is 1. The van der Waals surface area contributed by atoms with Crippen LogP contribution in [0.4, 0.5) is 0 Å². The van der Waals surface area contributed by atoms with Crippen LogP contribution in [-0.4, -0.2) is 49.8 Å². The summed E-state index contributed by atoms with van der Waals surface area (Å²) in [6.07, 6.45) is 0.00379. The summed E-state index contributed by atoms with van der Waals surface area (Å²) in [4.78, 5) is 14.3. The molecule has 1 amide bonds. The van der Waals surface area contributed by atoms with Gasteiger partial charge in [-0.2, -0.15) is 0 Å². The fourth-order valence-corrected chi connectivity index (χ4v) is 3.11. The molecular formula is C20H23BrN2O3. The van der Waals surface area contributed by atoms with Crippen LogP contribution in [-0.2, 0) is 16.1 Å². The minimum Gasteiger partial charge on any atom is -0.484 e. The Morgan fingerprint density at radius 2 is 1.96 bits per heavy atom. The Hall–Kier alpha value is -1.89. The van der Waals surface area contributed by atoms with Crippen LogP contribution >= 0.6 is 15.9 Å². The molecule has 1 aliphatic rings. The Bertz CT molecular complexity index is 694. The maximum absolute atomic E-state index is 12.0. The molecule has 1 fully saturated rings.